The number of nitrogens with zero attached hydrogens (tertiary/aromatic N) is 3. The topological polar surface area (TPSA) is 77.7 Å². The molecule has 5 rings (SSSR count). The van der Waals surface area contributed by atoms with E-state index in [9.17, 15) is 9.18 Å². The predicted molar refractivity (Wildman–Crippen MR) is 104 cm³/mol. The summed E-state index contributed by atoms with van der Waals surface area (Å²) < 4.78 is 13.4. The Hall–Kier alpha value is -3.32. The monoisotopic (exact) mass is 375 g/mol. The van der Waals surface area contributed by atoms with Crippen LogP contribution in [0.25, 0.3) is 22.3 Å². The number of aromatic nitrogens is 4. The van der Waals surface area contributed by atoms with Gasteiger partial charge in [0.15, 0.2) is 0 Å². The first-order valence-corrected chi connectivity index (χ1v) is 9.18. The zero-order chi connectivity index (χ0) is 19.1. The fourth-order valence-corrected chi connectivity index (χ4v) is 3.79. The van der Waals surface area contributed by atoms with Crippen molar-refractivity contribution in [1.82, 2.24) is 24.8 Å². The van der Waals surface area contributed by atoms with Gasteiger partial charge in [-0.25, -0.2) is 9.37 Å². The van der Waals surface area contributed by atoms with Crippen molar-refractivity contribution in [3.05, 3.63) is 81.9 Å². The second-order valence-electron chi connectivity index (χ2n) is 7.04. The predicted octanol–water partition coefficient (Wildman–Crippen LogP) is 3.01. The van der Waals surface area contributed by atoms with Gasteiger partial charge in [0, 0.05) is 61.1 Å². The van der Waals surface area contributed by atoms with Crippen LogP contribution in [0.4, 0.5) is 4.39 Å². The molecule has 1 aromatic carbocycles. The van der Waals surface area contributed by atoms with Crippen molar-refractivity contribution in [3.8, 4) is 11.4 Å². The van der Waals surface area contributed by atoms with E-state index in [4.69, 9.17) is 0 Å². The molecule has 140 valence electrons. The second kappa shape index (κ2) is 6.69. The molecule has 28 heavy (non-hydrogen) atoms. The molecule has 1 aliphatic rings. The SMILES string of the molecule is O=c1[nH]c(-c2ccncc2)nc2c1CN(Cc1c[nH]c3cc(F)ccc13)CC2. The maximum atomic E-state index is 13.4. The fourth-order valence-electron chi connectivity index (χ4n) is 3.79. The molecule has 1 aliphatic heterocycles. The van der Waals surface area contributed by atoms with Crippen LogP contribution in [0.2, 0.25) is 0 Å². The number of halogens is 1. The number of fused-ring (bicyclic) bond motifs is 2. The lowest BCUT2D eigenvalue weighted by molar-refractivity contribution is 0.242. The summed E-state index contributed by atoms with van der Waals surface area (Å²) in [5.74, 6) is 0.327. The Kier molecular flexibility index (Phi) is 4.02. The van der Waals surface area contributed by atoms with Gasteiger partial charge in [0.2, 0.25) is 0 Å². The lowest BCUT2D eigenvalue weighted by Crippen LogP contribution is -2.35. The van der Waals surface area contributed by atoms with Crippen LogP contribution in [0, 0.1) is 5.82 Å². The Labute approximate surface area is 160 Å². The van der Waals surface area contributed by atoms with Crippen LogP contribution in [-0.4, -0.2) is 31.4 Å². The summed E-state index contributed by atoms with van der Waals surface area (Å²) >= 11 is 0. The molecule has 0 spiro atoms. The molecule has 0 radical (unpaired) electrons. The van der Waals surface area contributed by atoms with E-state index < -0.39 is 0 Å². The van der Waals surface area contributed by atoms with E-state index in [-0.39, 0.29) is 11.4 Å². The fraction of sp³-hybridized carbons (Fsp3) is 0.190. The van der Waals surface area contributed by atoms with Gasteiger partial charge in [-0.2, -0.15) is 0 Å². The van der Waals surface area contributed by atoms with E-state index in [0.29, 0.717) is 25.3 Å². The van der Waals surface area contributed by atoms with Crippen molar-refractivity contribution in [2.24, 2.45) is 0 Å². The van der Waals surface area contributed by atoms with Crippen molar-refractivity contribution >= 4 is 10.9 Å². The number of rotatable bonds is 3. The zero-order valence-electron chi connectivity index (χ0n) is 15.1. The normalized spacial score (nSPS) is 14.3. The quantitative estimate of drug-likeness (QED) is 0.577. The van der Waals surface area contributed by atoms with Gasteiger partial charge >= 0.3 is 0 Å². The first-order valence-electron chi connectivity index (χ1n) is 9.18. The van der Waals surface area contributed by atoms with E-state index in [1.54, 1.807) is 18.5 Å². The lowest BCUT2D eigenvalue weighted by Gasteiger charge is -2.27. The number of hydrogen-bond donors (Lipinski definition) is 2. The zero-order valence-corrected chi connectivity index (χ0v) is 15.1. The number of pyridine rings is 1. The molecule has 0 amide bonds. The van der Waals surface area contributed by atoms with Crippen LogP contribution in [-0.2, 0) is 19.5 Å². The molecule has 0 aliphatic carbocycles. The van der Waals surface area contributed by atoms with Gasteiger partial charge in [-0.3, -0.25) is 14.7 Å². The number of H-pyrrole nitrogens is 2. The van der Waals surface area contributed by atoms with Gasteiger partial charge < -0.3 is 9.97 Å². The average molecular weight is 375 g/mol. The molecule has 4 aromatic rings. The molecule has 0 bridgehead atoms. The summed E-state index contributed by atoms with van der Waals surface area (Å²) in [7, 11) is 0. The van der Waals surface area contributed by atoms with Crippen molar-refractivity contribution < 1.29 is 4.39 Å². The van der Waals surface area contributed by atoms with Crippen molar-refractivity contribution in [3.63, 3.8) is 0 Å². The van der Waals surface area contributed by atoms with Gasteiger partial charge in [-0.1, -0.05) is 0 Å². The van der Waals surface area contributed by atoms with E-state index in [2.05, 4.69) is 24.8 Å². The minimum atomic E-state index is -0.254. The Morgan fingerprint density at radius 3 is 2.89 bits per heavy atom. The molecular weight excluding hydrogens is 357 g/mol. The molecular formula is C21H18FN5O. The van der Waals surface area contributed by atoms with Crippen molar-refractivity contribution in [2.75, 3.05) is 6.54 Å². The van der Waals surface area contributed by atoms with Crippen molar-refractivity contribution in [1.29, 1.82) is 0 Å². The van der Waals surface area contributed by atoms with Gasteiger partial charge in [-0.05, 0) is 35.9 Å². The van der Waals surface area contributed by atoms with Crippen molar-refractivity contribution in [2.45, 2.75) is 19.5 Å². The molecule has 0 unspecified atom stereocenters. The maximum absolute atomic E-state index is 13.4. The minimum Gasteiger partial charge on any atom is -0.361 e. The summed E-state index contributed by atoms with van der Waals surface area (Å²) in [6, 6.07) is 8.43. The molecule has 0 saturated carbocycles. The van der Waals surface area contributed by atoms with Crippen LogP contribution >= 0.6 is 0 Å². The second-order valence-corrected chi connectivity index (χ2v) is 7.04. The molecule has 3 aromatic heterocycles. The van der Waals surface area contributed by atoms with Gasteiger partial charge in [0.05, 0.1) is 11.3 Å². The molecule has 6 nitrogen and oxygen atoms in total. The Morgan fingerprint density at radius 1 is 1.18 bits per heavy atom. The molecule has 2 N–H and O–H groups in total. The van der Waals surface area contributed by atoms with Gasteiger partial charge in [-0.15, -0.1) is 0 Å². The molecule has 7 heteroatoms. The van der Waals surface area contributed by atoms with Crippen LogP contribution in [0.1, 0.15) is 16.8 Å². The summed E-state index contributed by atoms with van der Waals surface area (Å²) in [5, 5.41) is 1.01. The Bertz CT molecular complexity index is 1210. The van der Waals surface area contributed by atoms with Crippen LogP contribution in [0.5, 0.6) is 0 Å². The van der Waals surface area contributed by atoms with Crippen LogP contribution < -0.4 is 5.56 Å². The van der Waals surface area contributed by atoms with Crippen LogP contribution in [0.3, 0.4) is 0 Å². The van der Waals surface area contributed by atoms with E-state index >= 15 is 0 Å². The highest BCUT2D eigenvalue weighted by Crippen LogP contribution is 2.24. The number of aromatic amines is 2. The molecule has 0 atom stereocenters. The highest BCUT2D eigenvalue weighted by atomic mass is 19.1. The smallest absolute Gasteiger partial charge is 0.255 e. The number of nitrogens with one attached hydrogen (secondary N) is 2. The van der Waals surface area contributed by atoms with Gasteiger partial charge in [0.1, 0.15) is 11.6 Å². The first kappa shape index (κ1) is 16.8. The largest absolute Gasteiger partial charge is 0.361 e. The summed E-state index contributed by atoms with van der Waals surface area (Å²) in [5.41, 5.74) is 4.21. The highest BCUT2D eigenvalue weighted by Gasteiger charge is 2.22. The summed E-state index contributed by atoms with van der Waals surface area (Å²) in [6.07, 6.45) is 6.00. The van der Waals surface area contributed by atoms with E-state index in [1.807, 2.05) is 18.3 Å². The van der Waals surface area contributed by atoms with E-state index in [0.717, 1.165) is 39.8 Å². The maximum Gasteiger partial charge on any atom is 0.255 e. The average Bonchev–Trinajstić information content (AvgIpc) is 3.10. The third-order valence-corrected chi connectivity index (χ3v) is 5.22. The third kappa shape index (κ3) is 2.99. The number of benzene rings is 1. The van der Waals surface area contributed by atoms with Crippen LogP contribution in [0.15, 0.2) is 53.7 Å². The molecule has 0 saturated heterocycles. The summed E-state index contributed by atoms with van der Waals surface area (Å²) in [6.45, 7) is 2.05. The summed E-state index contributed by atoms with van der Waals surface area (Å²) in [4.78, 5) is 29.6. The Balaban J connectivity index is 1.41. The van der Waals surface area contributed by atoms with Gasteiger partial charge in [0.25, 0.3) is 5.56 Å². The third-order valence-electron chi connectivity index (χ3n) is 5.22. The molecule has 0 fully saturated rings. The number of hydrogen-bond acceptors (Lipinski definition) is 4. The Morgan fingerprint density at radius 2 is 2.04 bits per heavy atom. The highest BCUT2D eigenvalue weighted by molar-refractivity contribution is 5.83. The first-order chi connectivity index (χ1) is 13.7. The standard InChI is InChI=1S/C21H18FN5O/c22-15-1-2-16-14(10-24-19(16)9-15)11-27-8-5-18-17(12-27)21(28)26-20(25-18)13-3-6-23-7-4-13/h1-4,6-7,9-10,24H,5,8,11-12H2,(H,25,26,28). The lowest BCUT2D eigenvalue weighted by atomic mass is 10.1. The van der Waals surface area contributed by atoms with E-state index in [1.165, 1.54) is 12.1 Å². The minimum absolute atomic E-state index is 0.0949. The molecule has 4 heterocycles.